The van der Waals surface area contributed by atoms with Crippen molar-refractivity contribution < 1.29 is 29.4 Å². The van der Waals surface area contributed by atoms with Gasteiger partial charge in [-0.1, -0.05) is 92.8 Å². The molecule has 1 aromatic heterocycles. The SMILES string of the molecule is CNC(=O)C(CC(O)C(CC1CCCCC1)NC(=O)C(Cc1cscn1)NC(=O)C(CC(=O)N(C)Cc1ccccc1)Cc1ccccc1)C(C)(C)O. The van der Waals surface area contributed by atoms with Gasteiger partial charge in [0.25, 0.3) is 0 Å². The van der Waals surface area contributed by atoms with Crippen molar-refractivity contribution in [2.45, 2.75) is 108 Å². The van der Waals surface area contributed by atoms with Gasteiger partial charge in [0.15, 0.2) is 0 Å². The van der Waals surface area contributed by atoms with Gasteiger partial charge < -0.3 is 31.1 Å². The number of thiazole rings is 1. The van der Waals surface area contributed by atoms with Crippen molar-refractivity contribution in [2.24, 2.45) is 17.8 Å². The first-order valence-electron chi connectivity index (χ1n) is 18.8. The number of carbonyl (C=O) groups is 4. The van der Waals surface area contributed by atoms with Crippen molar-refractivity contribution in [2.75, 3.05) is 14.1 Å². The normalized spacial score (nSPS) is 16.4. The summed E-state index contributed by atoms with van der Waals surface area (Å²) in [6.45, 7) is 3.46. The molecule has 12 heteroatoms. The topological polar surface area (TPSA) is 161 Å². The molecule has 5 unspecified atom stereocenters. The van der Waals surface area contributed by atoms with Crippen LogP contribution in [0.15, 0.2) is 71.6 Å². The molecule has 0 bridgehead atoms. The molecule has 0 saturated heterocycles. The third-order valence-electron chi connectivity index (χ3n) is 10.3. The van der Waals surface area contributed by atoms with Gasteiger partial charge in [-0.3, -0.25) is 19.2 Å². The third-order valence-corrected chi connectivity index (χ3v) is 11.0. The van der Waals surface area contributed by atoms with Crippen LogP contribution in [0.4, 0.5) is 0 Å². The molecule has 1 heterocycles. The van der Waals surface area contributed by atoms with E-state index in [0.29, 0.717) is 25.1 Å². The van der Waals surface area contributed by atoms with Crippen molar-refractivity contribution in [1.29, 1.82) is 0 Å². The number of aliphatic hydroxyl groups is 2. The summed E-state index contributed by atoms with van der Waals surface area (Å²) in [6.07, 6.45) is 4.84. The Balaban J connectivity index is 1.57. The molecule has 0 radical (unpaired) electrons. The molecule has 2 aromatic carbocycles. The molecular weight excluding hydrogens is 691 g/mol. The molecule has 0 aliphatic heterocycles. The number of nitrogens with zero attached hydrogens (tertiary/aromatic N) is 2. The molecule has 0 spiro atoms. The van der Waals surface area contributed by atoms with E-state index in [9.17, 15) is 29.4 Å². The second-order valence-corrected chi connectivity index (χ2v) is 15.8. The van der Waals surface area contributed by atoms with E-state index in [1.807, 2.05) is 66.0 Å². The predicted octanol–water partition coefficient (Wildman–Crippen LogP) is 4.42. The number of amides is 4. The van der Waals surface area contributed by atoms with Gasteiger partial charge >= 0.3 is 0 Å². The standard InChI is InChI=1S/C41H57N5O6S/c1-41(2,52)33(39(50)42-3)24-36(47)34(21-29-16-10-6-11-17-29)44-40(51)35(23-32-26-53-27-43-32)45-38(49)31(20-28-14-8-5-9-15-28)22-37(48)46(4)25-30-18-12-7-13-19-30/h5,7-9,12-15,18-19,26-27,29,31,33-36,47,52H,6,10-11,16-17,20-25H2,1-4H3,(H,42,50)(H,44,51)(H,45,49). The summed E-state index contributed by atoms with van der Waals surface area (Å²) < 4.78 is 0. The predicted molar refractivity (Wildman–Crippen MR) is 207 cm³/mol. The van der Waals surface area contributed by atoms with Crippen LogP contribution in [-0.4, -0.2) is 81.6 Å². The zero-order chi connectivity index (χ0) is 38.4. The summed E-state index contributed by atoms with van der Waals surface area (Å²) in [4.78, 5) is 60.8. The molecule has 1 aliphatic carbocycles. The fraction of sp³-hybridized carbons (Fsp3) is 0.537. The molecule has 1 aliphatic rings. The van der Waals surface area contributed by atoms with Crippen molar-refractivity contribution in [3.63, 3.8) is 0 Å². The Morgan fingerprint density at radius 1 is 0.906 bits per heavy atom. The van der Waals surface area contributed by atoms with E-state index in [-0.39, 0.29) is 31.1 Å². The molecule has 288 valence electrons. The minimum atomic E-state index is -1.41. The van der Waals surface area contributed by atoms with Gasteiger partial charge in [-0.05, 0) is 50.2 Å². The van der Waals surface area contributed by atoms with Gasteiger partial charge in [-0.25, -0.2) is 4.98 Å². The largest absolute Gasteiger partial charge is 0.391 e. The summed E-state index contributed by atoms with van der Waals surface area (Å²) in [5, 5.41) is 32.9. The Kier molecular flexibility index (Phi) is 16.0. The van der Waals surface area contributed by atoms with Crippen molar-refractivity contribution in [1.82, 2.24) is 25.8 Å². The molecule has 5 N–H and O–H groups in total. The monoisotopic (exact) mass is 747 g/mol. The Morgan fingerprint density at radius 3 is 2.13 bits per heavy atom. The van der Waals surface area contributed by atoms with Gasteiger partial charge in [-0.15, -0.1) is 11.3 Å². The average Bonchev–Trinajstić information content (AvgIpc) is 3.66. The Morgan fingerprint density at radius 2 is 1.55 bits per heavy atom. The summed E-state index contributed by atoms with van der Waals surface area (Å²) in [6, 6.07) is 17.3. The fourth-order valence-electron chi connectivity index (χ4n) is 7.19. The maximum atomic E-state index is 14.3. The molecule has 4 amide bonds. The van der Waals surface area contributed by atoms with E-state index in [0.717, 1.165) is 43.2 Å². The van der Waals surface area contributed by atoms with Crippen LogP contribution in [-0.2, 0) is 38.6 Å². The van der Waals surface area contributed by atoms with Gasteiger partial charge in [0, 0.05) is 38.9 Å². The number of hydrogen-bond acceptors (Lipinski definition) is 8. The lowest BCUT2D eigenvalue weighted by atomic mass is 9.80. The van der Waals surface area contributed by atoms with Crippen LogP contribution in [0.2, 0.25) is 0 Å². The summed E-state index contributed by atoms with van der Waals surface area (Å²) in [5.74, 6) is -2.94. The molecule has 5 atom stereocenters. The third kappa shape index (κ3) is 13.3. The number of benzene rings is 2. The summed E-state index contributed by atoms with van der Waals surface area (Å²) >= 11 is 1.38. The summed E-state index contributed by atoms with van der Waals surface area (Å²) in [5.41, 5.74) is 2.74. The lowest BCUT2D eigenvalue weighted by molar-refractivity contribution is -0.137. The Hall–Kier alpha value is -4.13. The van der Waals surface area contributed by atoms with E-state index >= 15 is 0 Å². The molecule has 1 fully saturated rings. The number of hydrogen-bond donors (Lipinski definition) is 5. The van der Waals surface area contributed by atoms with Crippen molar-refractivity contribution >= 4 is 35.0 Å². The van der Waals surface area contributed by atoms with Gasteiger partial charge in [-0.2, -0.15) is 0 Å². The lowest BCUT2D eigenvalue weighted by Crippen LogP contribution is -2.56. The van der Waals surface area contributed by atoms with Gasteiger partial charge in [0.1, 0.15) is 6.04 Å². The zero-order valence-electron chi connectivity index (χ0n) is 31.5. The molecule has 53 heavy (non-hydrogen) atoms. The smallest absolute Gasteiger partial charge is 0.243 e. The van der Waals surface area contributed by atoms with Crippen LogP contribution >= 0.6 is 11.3 Å². The van der Waals surface area contributed by atoms with Crippen LogP contribution in [0.5, 0.6) is 0 Å². The van der Waals surface area contributed by atoms with Gasteiger partial charge in [0.05, 0.1) is 40.8 Å². The maximum Gasteiger partial charge on any atom is 0.243 e. The van der Waals surface area contributed by atoms with E-state index < -0.39 is 53.3 Å². The van der Waals surface area contributed by atoms with Gasteiger partial charge in [0.2, 0.25) is 23.6 Å². The first kappa shape index (κ1) is 41.6. The minimum Gasteiger partial charge on any atom is -0.391 e. The van der Waals surface area contributed by atoms with Crippen LogP contribution in [0.1, 0.15) is 82.0 Å². The van der Waals surface area contributed by atoms with E-state index in [2.05, 4.69) is 20.9 Å². The van der Waals surface area contributed by atoms with E-state index in [4.69, 9.17) is 0 Å². The van der Waals surface area contributed by atoms with Crippen LogP contribution < -0.4 is 16.0 Å². The highest BCUT2D eigenvalue weighted by molar-refractivity contribution is 7.07. The Bertz CT molecular complexity index is 1580. The quantitative estimate of drug-likeness (QED) is 0.121. The number of aliphatic hydroxyl groups excluding tert-OH is 1. The van der Waals surface area contributed by atoms with Crippen LogP contribution in [0, 0.1) is 17.8 Å². The number of nitrogens with one attached hydrogen (secondary N) is 3. The second kappa shape index (κ2) is 20.4. The highest BCUT2D eigenvalue weighted by atomic mass is 32.1. The first-order chi connectivity index (χ1) is 25.3. The molecule has 11 nitrogen and oxygen atoms in total. The van der Waals surface area contributed by atoms with E-state index in [1.165, 1.54) is 32.2 Å². The average molecular weight is 748 g/mol. The van der Waals surface area contributed by atoms with Crippen LogP contribution in [0.25, 0.3) is 0 Å². The van der Waals surface area contributed by atoms with E-state index in [1.54, 1.807) is 17.5 Å². The number of aromatic nitrogens is 1. The zero-order valence-corrected chi connectivity index (χ0v) is 32.3. The first-order valence-corrected chi connectivity index (χ1v) is 19.7. The summed E-state index contributed by atoms with van der Waals surface area (Å²) in [7, 11) is 3.20. The number of rotatable bonds is 19. The van der Waals surface area contributed by atoms with Crippen molar-refractivity contribution in [3.8, 4) is 0 Å². The minimum absolute atomic E-state index is 0.0596. The molecule has 4 rings (SSSR count). The number of carbonyl (C=O) groups excluding carboxylic acids is 4. The maximum absolute atomic E-state index is 14.3. The van der Waals surface area contributed by atoms with Crippen LogP contribution in [0.3, 0.4) is 0 Å². The lowest BCUT2D eigenvalue weighted by Gasteiger charge is -2.35. The Labute approximate surface area is 318 Å². The highest BCUT2D eigenvalue weighted by Gasteiger charge is 2.38. The highest BCUT2D eigenvalue weighted by Crippen LogP contribution is 2.30. The van der Waals surface area contributed by atoms with Crippen molar-refractivity contribution in [3.05, 3.63) is 88.4 Å². The molecule has 1 saturated carbocycles. The molecule has 3 aromatic rings. The fourth-order valence-corrected chi connectivity index (χ4v) is 7.76. The second-order valence-electron chi connectivity index (χ2n) is 15.0. The molecular formula is C41H57N5O6S.